The van der Waals surface area contributed by atoms with Crippen molar-refractivity contribution in [2.45, 2.75) is 0 Å². The summed E-state index contributed by atoms with van der Waals surface area (Å²) in [6.45, 7) is 0. The van der Waals surface area contributed by atoms with Crippen molar-refractivity contribution in [2.24, 2.45) is 0 Å². The Balaban J connectivity index is 1.28. The number of methoxy groups -OCH3 is 1. The molecule has 4 aromatic carbocycles. The number of ether oxygens (including phenoxy) is 1. The van der Waals surface area contributed by atoms with E-state index in [0.717, 1.165) is 16.6 Å². The molecule has 1 aromatic heterocycles. The molecule has 0 bridgehead atoms. The van der Waals surface area contributed by atoms with Gasteiger partial charge in [-0.05, 0) is 91.0 Å². The average molecular weight is 497 g/mol. The van der Waals surface area contributed by atoms with Crippen LogP contribution in [-0.2, 0) is 0 Å². The van der Waals surface area contributed by atoms with Gasteiger partial charge in [-0.25, -0.2) is 4.98 Å². The van der Waals surface area contributed by atoms with Gasteiger partial charge in [0.05, 0.1) is 18.1 Å². The number of rotatable bonds is 6. The molecule has 2 amide bonds. The second kappa shape index (κ2) is 9.93. The van der Waals surface area contributed by atoms with Gasteiger partial charge in [-0.15, -0.1) is 0 Å². The summed E-state index contributed by atoms with van der Waals surface area (Å²) in [7, 11) is 1.58. The van der Waals surface area contributed by atoms with Crippen molar-refractivity contribution >= 4 is 45.8 Å². The first kappa shape index (κ1) is 23.1. The van der Waals surface area contributed by atoms with Gasteiger partial charge in [0.1, 0.15) is 11.6 Å². The number of aromatic amines is 1. The van der Waals surface area contributed by atoms with Gasteiger partial charge in [0.2, 0.25) is 0 Å². The van der Waals surface area contributed by atoms with E-state index in [0.29, 0.717) is 39.1 Å². The molecule has 3 N–H and O–H groups in total. The summed E-state index contributed by atoms with van der Waals surface area (Å²) < 4.78 is 5.13. The van der Waals surface area contributed by atoms with E-state index in [4.69, 9.17) is 16.3 Å². The molecule has 0 aliphatic heterocycles. The lowest BCUT2D eigenvalue weighted by molar-refractivity contribution is 0.101. The molecule has 0 radical (unpaired) electrons. The summed E-state index contributed by atoms with van der Waals surface area (Å²) in [6, 6.07) is 26.5. The maximum absolute atomic E-state index is 12.5. The number of amides is 2. The highest BCUT2D eigenvalue weighted by molar-refractivity contribution is 6.30. The fraction of sp³-hybridized carbons (Fsp3) is 0.0357. The van der Waals surface area contributed by atoms with Crippen molar-refractivity contribution in [1.82, 2.24) is 9.97 Å². The van der Waals surface area contributed by atoms with Crippen molar-refractivity contribution in [3.63, 3.8) is 0 Å². The van der Waals surface area contributed by atoms with E-state index >= 15 is 0 Å². The van der Waals surface area contributed by atoms with Gasteiger partial charge in [-0.2, -0.15) is 0 Å². The summed E-state index contributed by atoms with van der Waals surface area (Å²) in [6.07, 6.45) is 0. The SMILES string of the molecule is COc1ccc(C(=O)Nc2ccc(-c3nc4ccc(NC(=O)c5ccc(Cl)cc5)cc4[nH]3)cc2)cc1. The Morgan fingerprint density at radius 3 is 2.00 bits per heavy atom. The molecule has 0 saturated carbocycles. The number of nitrogens with one attached hydrogen (secondary N) is 3. The minimum absolute atomic E-state index is 0.206. The first-order valence-electron chi connectivity index (χ1n) is 11.1. The van der Waals surface area contributed by atoms with Crippen LogP contribution >= 0.6 is 11.6 Å². The molecule has 5 aromatic rings. The topological polar surface area (TPSA) is 96.1 Å². The van der Waals surface area contributed by atoms with E-state index in [1.165, 1.54) is 0 Å². The molecule has 8 heteroatoms. The minimum atomic E-state index is -0.224. The van der Waals surface area contributed by atoms with Crippen molar-refractivity contribution in [2.75, 3.05) is 17.7 Å². The van der Waals surface area contributed by atoms with E-state index < -0.39 is 0 Å². The third-order valence-corrected chi connectivity index (χ3v) is 5.87. The van der Waals surface area contributed by atoms with Crippen LogP contribution in [0.2, 0.25) is 5.02 Å². The Kier molecular flexibility index (Phi) is 6.38. The van der Waals surface area contributed by atoms with Gasteiger partial charge >= 0.3 is 0 Å². The zero-order valence-electron chi connectivity index (χ0n) is 19.2. The number of carbonyl (C=O) groups excluding carboxylic acids is 2. The third-order valence-electron chi connectivity index (χ3n) is 5.61. The summed E-state index contributed by atoms with van der Waals surface area (Å²) in [5, 5.41) is 6.35. The summed E-state index contributed by atoms with van der Waals surface area (Å²) in [4.78, 5) is 32.9. The fourth-order valence-electron chi connectivity index (χ4n) is 3.69. The van der Waals surface area contributed by atoms with Crippen LogP contribution in [0.3, 0.4) is 0 Å². The summed E-state index contributed by atoms with van der Waals surface area (Å²) >= 11 is 5.90. The molecular formula is C28H21ClN4O3. The van der Waals surface area contributed by atoms with E-state index in [1.807, 2.05) is 36.4 Å². The predicted octanol–water partition coefficient (Wildman–Crippen LogP) is 6.40. The lowest BCUT2D eigenvalue weighted by Gasteiger charge is -2.07. The van der Waals surface area contributed by atoms with Crippen LogP contribution in [0.25, 0.3) is 22.4 Å². The van der Waals surface area contributed by atoms with E-state index in [1.54, 1.807) is 61.7 Å². The zero-order chi connectivity index (χ0) is 25.1. The second-order valence-corrected chi connectivity index (χ2v) is 8.47. The molecule has 0 fully saturated rings. The minimum Gasteiger partial charge on any atom is -0.497 e. The largest absolute Gasteiger partial charge is 0.497 e. The second-order valence-electron chi connectivity index (χ2n) is 8.04. The van der Waals surface area contributed by atoms with Crippen molar-refractivity contribution < 1.29 is 14.3 Å². The highest BCUT2D eigenvalue weighted by Crippen LogP contribution is 2.25. The van der Waals surface area contributed by atoms with Crippen LogP contribution in [-0.4, -0.2) is 28.9 Å². The van der Waals surface area contributed by atoms with Crippen LogP contribution < -0.4 is 15.4 Å². The number of anilines is 2. The Morgan fingerprint density at radius 1 is 0.778 bits per heavy atom. The Hall–Kier alpha value is -4.62. The molecular weight excluding hydrogens is 476 g/mol. The van der Waals surface area contributed by atoms with Gasteiger partial charge in [0.15, 0.2) is 0 Å². The number of benzene rings is 4. The number of aromatic nitrogens is 2. The van der Waals surface area contributed by atoms with Crippen molar-refractivity contribution in [1.29, 1.82) is 0 Å². The number of imidazole rings is 1. The third kappa shape index (κ3) is 5.06. The number of hydrogen-bond acceptors (Lipinski definition) is 4. The normalized spacial score (nSPS) is 10.7. The van der Waals surface area contributed by atoms with Crippen LogP contribution in [0, 0.1) is 0 Å². The molecule has 0 aliphatic rings. The van der Waals surface area contributed by atoms with Gasteiger partial charge in [0, 0.05) is 33.1 Å². The van der Waals surface area contributed by atoms with Crippen molar-refractivity contribution in [3.8, 4) is 17.1 Å². The smallest absolute Gasteiger partial charge is 0.255 e. The predicted molar refractivity (Wildman–Crippen MR) is 142 cm³/mol. The average Bonchev–Trinajstić information content (AvgIpc) is 3.33. The Labute approximate surface area is 212 Å². The number of hydrogen-bond donors (Lipinski definition) is 3. The van der Waals surface area contributed by atoms with Crippen LogP contribution in [0.15, 0.2) is 91.0 Å². The van der Waals surface area contributed by atoms with E-state index in [2.05, 4.69) is 20.6 Å². The monoisotopic (exact) mass is 496 g/mol. The maximum Gasteiger partial charge on any atom is 0.255 e. The Bertz CT molecular complexity index is 1540. The first-order chi connectivity index (χ1) is 17.5. The number of H-pyrrole nitrogens is 1. The quantitative estimate of drug-likeness (QED) is 0.253. The first-order valence-corrected chi connectivity index (χ1v) is 11.5. The van der Waals surface area contributed by atoms with Crippen LogP contribution in [0.4, 0.5) is 11.4 Å². The van der Waals surface area contributed by atoms with Crippen molar-refractivity contribution in [3.05, 3.63) is 107 Å². The lowest BCUT2D eigenvalue weighted by Crippen LogP contribution is -2.11. The number of nitrogens with zero attached hydrogens (tertiary/aromatic N) is 1. The lowest BCUT2D eigenvalue weighted by atomic mass is 10.1. The molecule has 1 heterocycles. The molecule has 7 nitrogen and oxygen atoms in total. The summed E-state index contributed by atoms with van der Waals surface area (Å²) in [5.74, 6) is 0.942. The molecule has 0 atom stereocenters. The number of carbonyl (C=O) groups is 2. The van der Waals surface area contributed by atoms with Crippen LogP contribution in [0.5, 0.6) is 5.75 Å². The van der Waals surface area contributed by atoms with Gasteiger partial charge in [-0.1, -0.05) is 11.6 Å². The highest BCUT2D eigenvalue weighted by Gasteiger charge is 2.11. The molecule has 36 heavy (non-hydrogen) atoms. The van der Waals surface area contributed by atoms with E-state index in [9.17, 15) is 9.59 Å². The van der Waals surface area contributed by atoms with E-state index in [-0.39, 0.29) is 11.8 Å². The fourth-order valence-corrected chi connectivity index (χ4v) is 3.81. The zero-order valence-corrected chi connectivity index (χ0v) is 20.0. The van der Waals surface area contributed by atoms with Gasteiger partial charge in [0.25, 0.3) is 11.8 Å². The maximum atomic E-state index is 12.5. The van der Waals surface area contributed by atoms with Gasteiger partial charge < -0.3 is 20.4 Å². The summed E-state index contributed by atoms with van der Waals surface area (Å²) in [5.41, 5.74) is 4.79. The number of fused-ring (bicyclic) bond motifs is 1. The Morgan fingerprint density at radius 2 is 1.36 bits per heavy atom. The standard InChI is InChI=1S/C28H21ClN4O3/c1-36-23-13-6-19(7-14-23)27(34)30-21-10-4-17(5-11-21)26-32-24-15-12-22(16-25(24)33-26)31-28(35)18-2-8-20(29)9-3-18/h2-16H,1H3,(H,30,34)(H,31,35)(H,32,33). The molecule has 5 rings (SSSR count). The molecule has 0 unspecified atom stereocenters. The van der Waals surface area contributed by atoms with Gasteiger partial charge in [-0.3, -0.25) is 9.59 Å². The number of halogens is 1. The highest BCUT2D eigenvalue weighted by atomic mass is 35.5. The molecule has 0 spiro atoms. The molecule has 0 saturated heterocycles. The molecule has 0 aliphatic carbocycles. The van der Waals surface area contributed by atoms with Crippen LogP contribution in [0.1, 0.15) is 20.7 Å². The molecule has 178 valence electrons.